The summed E-state index contributed by atoms with van der Waals surface area (Å²) in [5, 5.41) is 59.6. The average molecular weight is 1020 g/mol. The summed E-state index contributed by atoms with van der Waals surface area (Å²) >= 11 is 10.7. The molecule has 4 rings (SSSR count). The number of aliphatic carboxylic acids is 2. The van der Waals surface area contributed by atoms with Crippen molar-refractivity contribution in [2.75, 3.05) is 0 Å². The number of aliphatic hydroxyl groups excluding tert-OH is 4. The number of rotatable bonds is 24. The second-order valence-corrected chi connectivity index (χ2v) is 21.2. The van der Waals surface area contributed by atoms with Crippen LogP contribution in [0.25, 0.3) is 0 Å². The maximum absolute atomic E-state index is 10.6. The third kappa shape index (κ3) is 17.7. The van der Waals surface area contributed by atoms with Gasteiger partial charge in [-0.3, -0.25) is 0 Å². The Morgan fingerprint density at radius 3 is 1.71 bits per heavy atom. The molecule has 2 aromatic heterocycles. The number of carbonyl (C=O) groups is 2. The molecule has 2 fully saturated rings. The van der Waals surface area contributed by atoms with Crippen LogP contribution in [0.5, 0.6) is 0 Å². The summed E-state index contributed by atoms with van der Waals surface area (Å²) in [6.07, 6.45) is 21.7. The van der Waals surface area contributed by atoms with Gasteiger partial charge in [0.15, 0.2) is 0 Å². The van der Waals surface area contributed by atoms with Crippen molar-refractivity contribution in [3.8, 4) is 0 Å². The monoisotopic (exact) mass is 1010 g/mol. The fraction of sp³-hybridized carbons (Fsp3) is 0.583. The van der Waals surface area contributed by atoms with Crippen LogP contribution < -0.4 is 0 Å². The molecule has 2 heterocycles. The number of thiophene rings is 2. The number of hydrogen-bond acceptors (Lipinski definition) is 8. The molecule has 2 saturated carbocycles. The van der Waals surface area contributed by atoms with Crippen LogP contribution in [0.1, 0.15) is 115 Å². The quantitative estimate of drug-likeness (QED) is 0.0345. The molecule has 0 amide bonds. The molecular formula is C48H66B2Br2O8S2. The Morgan fingerprint density at radius 2 is 1.29 bits per heavy atom. The zero-order chi connectivity index (χ0) is 45.9. The summed E-state index contributed by atoms with van der Waals surface area (Å²) in [4.78, 5) is 26.2. The zero-order valence-electron chi connectivity index (χ0n) is 36.6. The molecule has 2 aromatic rings. The number of unbranched alkanes of at least 4 members (excludes halogenated alkanes) is 2. The van der Waals surface area contributed by atoms with Gasteiger partial charge in [-0.2, -0.15) is 0 Å². The predicted molar refractivity (Wildman–Crippen MR) is 266 cm³/mol. The molecule has 2 radical (unpaired) electrons. The number of aryl methyl sites for hydroxylation is 3. The normalized spacial score (nSPS) is 25.4. The SMILES string of the molecule is [B]=C[C@@H]1CC(O)[C@H](C/C=C\CCCC(=O)O)[C@H]1/C=C/[C@@H](O)CC(C)c1cc(Br)c(C)s1.[B]=C[C@@H]1CC(O)[C@H](C/C=C\CCCC(=O)O)[C@H]1/C=C/[C@@H](O)CCc1sc(C)c(Br)c1C. The molecule has 338 valence electrons. The fourth-order valence-corrected chi connectivity index (χ4v) is 11.9. The fourth-order valence-electron chi connectivity index (χ4n) is 8.57. The predicted octanol–water partition coefficient (Wildman–Crippen LogP) is 9.78. The molecule has 2 aliphatic carbocycles. The molecule has 0 aromatic carbocycles. The molecule has 0 spiro atoms. The van der Waals surface area contributed by atoms with E-state index in [1.54, 1.807) is 34.6 Å². The van der Waals surface area contributed by atoms with Crippen LogP contribution in [0.2, 0.25) is 0 Å². The van der Waals surface area contributed by atoms with Gasteiger partial charge in [0.25, 0.3) is 0 Å². The summed E-state index contributed by atoms with van der Waals surface area (Å²) in [7, 11) is 11.7. The van der Waals surface area contributed by atoms with E-state index in [9.17, 15) is 30.0 Å². The molecule has 0 bridgehead atoms. The molecule has 62 heavy (non-hydrogen) atoms. The maximum atomic E-state index is 10.6. The Bertz CT molecular complexity index is 1840. The minimum absolute atomic E-state index is 0.0392. The topological polar surface area (TPSA) is 156 Å². The molecule has 0 saturated heterocycles. The number of hydrogen-bond donors (Lipinski definition) is 6. The van der Waals surface area contributed by atoms with E-state index in [1.807, 2.05) is 48.6 Å². The minimum atomic E-state index is -0.777. The number of aliphatic hydroxyl groups is 4. The van der Waals surface area contributed by atoms with Gasteiger partial charge in [-0.25, -0.2) is 0 Å². The van der Waals surface area contributed by atoms with Gasteiger partial charge in [-0.15, -0.1) is 0 Å². The van der Waals surface area contributed by atoms with E-state index in [2.05, 4.69) is 65.6 Å². The van der Waals surface area contributed by atoms with E-state index in [-0.39, 0.29) is 54.3 Å². The molecule has 2 aliphatic rings. The number of carboxylic acid groups (broad SMARTS) is 2. The van der Waals surface area contributed by atoms with Crippen molar-refractivity contribution in [3.05, 3.63) is 88.7 Å². The Balaban J connectivity index is 0.000000330. The third-order valence-electron chi connectivity index (χ3n) is 12.2. The van der Waals surface area contributed by atoms with Crippen molar-refractivity contribution in [1.29, 1.82) is 0 Å². The summed E-state index contributed by atoms with van der Waals surface area (Å²) < 4.78 is 2.28. The number of halogens is 2. The van der Waals surface area contributed by atoms with Crippen molar-refractivity contribution in [1.82, 2.24) is 0 Å². The number of carboxylic acids is 2. The Labute approximate surface area is 396 Å². The molecule has 11 atom stereocenters. The van der Waals surface area contributed by atoms with E-state index >= 15 is 0 Å². The van der Waals surface area contributed by atoms with Gasteiger partial charge >= 0.3 is 399 Å². The van der Waals surface area contributed by atoms with Crippen LogP contribution in [-0.2, 0) is 16.0 Å². The van der Waals surface area contributed by atoms with E-state index < -0.39 is 36.4 Å². The van der Waals surface area contributed by atoms with Crippen LogP contribution in [0, 0.1) is 56.3 Å². The van der Waals surface area contributed by atoms with Crippen LogP contribution in [-0.4, -0.2) is 93.9 Å². The number of allylic oxidation sites excluding steroid dienone is 6. The first-order chi connectivity index (χ1) is 29.5. The van der Waals surface area contributed by atoms with Gasteiger partial charge in [0.05, 0.1) is 0 Å². The third-order valence-corrected chi connectivity index (χ3v) is 17.3. The van der Waals surface area contributed by atoms with E-state index in [4.69, 9.17) is 25.2 Å². The Hall–Kier alpha value is -2.03. The molecular weight excluding hydrogens is 950 g/mol. The summed E-state index contributed by atoms with van der Waals surface area (Å²) in [6, 6.07) is 2.13. The molecule has 14 heteroatoms. The first-order valence-corrected chi connectivity index (χ1v) is 25.1. The van der Waals surface area contributed by atoms with Crippen LogP contribution in [0.3, 0.4) is 0 Å². The van der Waals surface area contributed by atoms with Crippen molar-refractivity contribution >= 4 is 93.4 Å². The second kappa shape index (κ2) is 28.1. The van der Waals surface area contributed by atoms with Crippen molar-refractivity contribution in [2.45, 2.75) is 141 Å². The van der Waals surface area contributed by atoms with E-state index in [0.29, 0.717) is 51.4 Å². The van der Waals surface area contributed by atoms with Gasteiger partial charge < -0.3 is 0 Å². The molecule has 0 aliphatic heterocycles. The first-order valence-electron chi connectivity index (χ1n) is 21.9. The van der Waals surface area contributed by atoms with Gasteiger partial charge in [0, 0.05) is 0 Å². The van der Waals surface area contributed by atoms with Gasteiger partial charge in [0.2, 0.25) is 0 Å². The standard InChI is InChI=1S/2C24H33BBrO4S/c1-15-22(31-16(2)24(15)26)12-10-18(27)9-11-19-17(14-25)13-21(28)20(19)7-5-3-4-6-8-23(29)30;1-15(23-13-21(26)16(2)31-23)11-18(27)9-10-19-17(14-25)12-22(28)20(19)7-5-3-4-6-8-24(29)30/h3,5,9,11,14,17-21,27-28H,4,6-8,10,12-13H2,1-2H3,(H,29,30);3,5,9-10,13-15,17-20,22,27-28H,4,6-8,11-12H2,1-2H3,(H,29,30)/b5-3-,11-9+;5-3-,10-9+/t17-,18+,19-,20+,21?;15?,17-,18+,19-,20+,22?/m00/s1. The second-order valence-electron chi connectivity index (χ2n) is 16.9. The molecule has 6 N–H and O–H groups in total. The van der Waals surface area contributed by atoms with Crippen LogP contribution >= 0.6 is 54.5 Å². The summed E-state index contributed by atoms with van der Waals surface area (Å²) in [5.74, 6) is 2.43. The Kier molecular flexibility index (Phi) is 24.6. The molecule has 8 nitrogen and oxygen atoms in total. The summed E-state index contributed by atoms with van der Waals surface area (Å²) in [5.41, 5.74) is 1.26. The first kappa shape index (κ1) is 54.3. The van der Waals surface area contributed by atoms with Crippen molar-refractivity contribution in [2.24, 2.45) is 35.5 Å². The van der Waals surface area contributed by atoms with Crippen molar-refractivity contribution < 1.29 is 40.2 Å². The average Bonchev–Trinajstić information content (AvgIpc) is 3.91. The van der Waals surface area contributed by atoms with Crippen LogP contribution in [0.4, 0.5) is 0 Å². The zero-order valence-corrected chi connectivity index (χ0v) is 41.4. The van der Waals surface area contributed by atoms with E-state index in [0.717, 1.165) is 28.2 Å². The molecule has 3 unspecified atom stereocenters. The van der Waals surface area contributed by atoms with E-state index in [1.165, 1.54) is 25.1 Å². The van der Waals surface area contributed by atoms with Gasteiger partial charge in [0.1, 0.15) is 0 Å². The van der Waals surface area contributed by atoms with Gasteiger partial charge in [-0.1, -0.05) is 0 Å². The van der Waals surface area contributed by atoms with Crippen LogP contribution in [0.15, 0.2) is 63.6 Å². The van der Waals surface area contributed by atoms with Gasteiger partial charge in [-0.05, 0) is 0 Å². The Morgan fingerprint density at radius 1 is 0.790 bits per heavy atom. The van der Waals surface area contributed by atoms with Crippen molar-refractivity contribution in [3.63, 3.8) is 0 Å². The summed E-state index contributed by atoms with van der Waals surface area (Å²) in [6.45, 7) is 8.41.